The first-order valence-corrected chi connectivity index (χ1v) is 6.23. The number of pyridine rings is 1. The number of ketones is 1. The summed E-state index contributed by atoms with van der Waals surface area (Å²) >= 11 is 0. The lowest BCUT2D eigenvalue weighted by atomic mass is 10.1. The molecule has 1 aromatic carbocycles. The normalized spacial score (nSPS) is 11.0. The van der Waals surface area contributed by atoms with Gasteiger partial charge in [-0.3, -0.25) is 9.78 Å². The Bertz CT molecular complexity index is 621. The van der Waals surface area contributed by atoms with Crippen molar-refractivity contribution in [2.75, 3.05) is 12.4 Å². The summed E-state index contributed by atoms with van der Waals surface area (Å²) < 4.78 is 5.25. The fourth-order valence-electron chi connectivity index (χ4n) is 1.78. The maximum absolute atomic E-state index is 12.0. The molecule has 102 valence electrons. The van der Waals surface area contributed by atoms with E-state index in [4.69, 9.17) is 4.74 Å². The van der Waals surface area contributed by atoms with Gasteiger partial charge in [-0.2, -0.15) is 0 Å². The molecule has 4 heteroatoms. The summed E-state index contributed by atoms with van der Waals surface area (Å²) in [6, 6.07) is 11.0. The van der Waals surface area contributed by atoms with Gasteiger partial charge in [0.1, 0.15) is 5.75 Å². The van der Waals surface area contributed by atoms with E-state index in [2.05, 4.69) is 10.3 Å². The van der Waals surface area contributed by atoms with Crippen molar-refractivity contribution in [3.8, 4) is 5.75 Å². The zero-order chi connectivity index (χ0) is 14.4. The van der Waals surface area contributed by atoms with Crippen molar-refractivity contribution in [1.82, 2.24) is 4.98 Å². The maximum atomic E-state index is 12.0. The van der Waals surface area contributed by atoms with Crippen molar-refractivity contribution in [2.24, 2.45) is 0 Å². The number of methoxy groups -OCH3 is 1. The van der Waals surface area contributed by atoms with Crippen LogP contribution in [0.2, 0.25) is 0 Å². The van der Waals surface area contributed by atoms with E-state index in [1.165, 1.54) is 0 Å². The Morgan fingerprint density at radius 2 is 2.05 bits per heavy atom. The van der Waals surface area contributed by atoms with Gasteiger partial charge in [-0.15, -0.1) is 0 Å². The van der Waals surface area contributed by atoms with Gasteiger partial charge in [0.25, 0.3) is 0 Å². The van der Waals surface area contributed by atoms with Gasteiger partial charge in [-0.1, -0.05) is 12.1 Å². The number of hydrogen-bond acceptors (Lipinski definition) is 4. The van der Waals surface area contributed by atoms with Gasteiger partial charge in [0.15, 0.2) is 5.78 Å². The first-order valence-electron chi connectivity index (χ1n) is 6.23. The van der Waals surface area contributed by atoms with Gasteiger partial charge in [-0.05, 0) is 31.2 Å². The molecule has 1 N–H and O–H groups in total. The molecule has 1 heterocycles. The monoisotopic (exact) mass is 268 g/mol. The summed E-state index contributed by atoms with van der Waals surface area (Å²) in [5.41, 5.74) is 2.12. The Kier molecular flexibility index (Phi) is 4.50. The van der Waals surface area contributed by atoms with Gasteiger partial charge in [0, 0.05) is 29.7 Å². The van der Waals surface area contributed by atoms with E-state index < -0.39 is 0 Å². The first kappa shape index (κ1) is 13.8. The van der Waals surface area contributed by atoms with E-state index in [1.54, 1.807) is 37.7 Å². The number of aromatic nitrogens is 1. The van der Waals surface area contributed by atoms with Gasteiger partial charge in [0.05, 0.1) is 12.8 Å². The molecule has 0 fully saturated rings. The van der Waals surface area contributed by atoms with Crippen LogP contribution in [0.3, 0.4) is 0 Å². The maximum Gasteiger partial charge on any atom is 0.189 e. The van der Waals surface area contributed by atoms with Crippen LogP contribution in [0.5, 0.6) is 5.75 Å². The zero-order valence-corrected chi connectivity index (χ0v) is 11.5. The van der Waals surface area contributed by atoms with Gasteiger partial charge in [0.2, 0.25) is 0 Å². The van der Waals surface area contributed by atoms with Gasteiger partial charge < -0.3 is 10.1 Å². The van der Waals surface area contributed by atoms with Crippen molar-refractivity contribution < 1.29 is 9.53 Å². The molecule has 20 heavy (non-hydrogen) atoms. The average molecular weight is 268 g/mol. The molecule has 2 aromatic rings. The third-order valence-corrected chi connectivity index (χ3v) is 2.73. The van der Waals surface area contributed by atoms with Crippen LogP contribution in [-0.2, 0) is 0 Å². The number of anilines is 1. The van der Waals surface area contributed by atoms with Crippen molar-refractivity contribution in [3.63, 3.8) is 0 Å². The first-order chi connectivity index (χ1) is 9.70. The van der Waals surface area contributed by atoms with Crippen LogP contribution in [0.1, 0.15) is 17.3 Å². The second-order valence-corrected chi connectivity index (χ2v) is 4.26. The highest BCUT2D eigenvalue weighted by molar-refractivity contribution is 6.04. The topological polar surface area (TPSA) is 51.2 Å². The largest absolute Gasteiger partial charge is 0.495 e. The molecule has 0 aliphatic rings. The van der Waals surface area contributed by atoms with E-state index in [-0.39, 0.29) is 5.78 Å². The van der Waals surface area contributed by atoms with E-state index in [0.717, 1.165) is 17.1 Å². The third kappa shape index (κ3) is 3.45. The molecule has 0 aliphatic carbocycles. The summed E-state index contributed by atoms with van der Waals surface area (Å²) in [5.74, 6) is 0.645. The molecule has 0 amide bonds. The van der Waals surface area contributed by atoms with Crippen LogP contribution in [0, 0.1) is 0 Å². The number of carbonyl (C=O) groups is 1. The number of ether oxygens (including phenoxy) is 1. The Morgan fingerprint density at radius 3 is 2.75 bits per heavy atom. The molecule has 0 spiro atoms. The molecule has 2 rings (SSSR count). The van der Waals surface area contributed by atoms with E-state index in [9.17, 15) is 4.79 Å². The fourth-order valence-corrected chi connectivity index (χ4v) is 1.78. The second kappa shape index (κ2) is 6.52. The highest BCUT2D eigenvalue weighted by Gasteiger charge is 2.05. The molecule has 1 aromatic heterocycles. The molecule has 4 nitrogen and oxygen atoms in total. The van der Waals surface area contributed by atoms with Gasteiger partial charge in [-0.25, -0.2) is 0 Å². The van der Waals surface area contributed by atoms with E-state index in [1.807, 2.05) is 31.2 Å². The summed E-state index contributed by atoms with van der Waals surface area (Å²) in [6.07, 6.45) is 4.74. The Morgan fingerprint density at radius 1 is 1.25 bits per heavy atom. The molecular weight excluding hydrogens is 252 g/mol. The van der Waals surface area contributed by atoms with Gasteiger partial charge >= 0.3 is 0 Å². The second-order valence-electron chi connectivity index (χ2n) is 4.26. The number of rotatable bonds is 5. The minimum Gasteiger partial charge on any atom is -0.495 e. The number of nitrogens with zero attached hydrogens (tertiary/aromatic N) is 1. The quantitative estimate of drug-likeness (QED) is 0.668. The van der Waals surface area contributed by atoms with E-state index >= 15 is 0 Å². The Hall–Kier alpha value is -2.62. The summed E-state index contributed by atoms with van der Waals surface area (Å²) in [7, 11) is 1.61. The molecule has 0 aliphatic heterocycles. The summed E-state index contributed by atoms with van der Waals surface area (Å²) in [5, 5.41) is 3.16. The number of nitrogens with one attached hydrogen (secondary N) is 1. The molecule has 0 bridgehead atoms. The fraction of sp³-hybridized carbons (Fsp3) is 0.125. The van der Waals surface area contributed by atoms with Crippen LogP contribution in [0.4, 0.5) is 5.69 Å². The number of carbonyl (C=O) groups excluding carboxylic acids is 1. The summed E-state index contributed by atoms with van der Waals surface area (Å²) in [4.78, 5) is 15.9. The Labute approximate surface area is 118 Å². The molecule has 0 radical (unpaired) electrons. The molecular formula is C16H16N2O2. The van der Waals surface area contributed by atoms with E-state index in [0.29, 0.717) is 5.56 Å². The van der Waals surface area contributed by atoms with Crippen LogP contribution in [0.25, 0.3) is 0 Å². The minimum absolute atomic E-state index is 0.0852. The number of allylic oxidation sites excluding steroid dienone is 2. The molecule has 0 saturated heterocycles. The minimum atomic E-state index is -0.0852. The number of para-hydroxylation sites is 2. The molecule has 0 atom stereocenters. The van der Waals surface area contributed by atoms with Crippen molar-refractivity contribution >= 4 is 11.5 Å². The summed E-state index contributed by atoms with van der Waals surface area (Å²) in [6.45, 7) is 1.83. The van der Waals surface area contributed by atoms with Crippen LogP contribution >= 0.6 is 0 Å². The Balaban J connectivity index is 2.13. The highest BCUT2D eigenvalue weighted by Crippen LogP contribution is 2.24. The van der Waals surface area contributed by atoms with Crippen LogP contribution in [0.15, 0.2) is 60.6 Å². The smallest absolute Gasteiger partial charge is 0.189 e. The SMILES string of the molecule is COc1ccccc1NC(C)=CC(=O)c1cccnc1. The average Bonchev–Trinajstić information content (AvgIpc) is 2.48. The number of hydrogen-bond donors (Lipinski definition) is 1. The highest BCUT2D eigenvalue weighted by atomic mass is 16.5. The lowest BCUT2D eigenvalue weighted by Gasteiger charge is -2.10. The zero-order valence-electron chi connectivity index (χ0n) is 11.5. The predicted octanol–water partition coefficient (Wildman–Crippen LogP) is 3.29. The van der Waals surface area contributed by atoms with Crippen molar-refractivity contribution in [1.29, 1.82) is 0 Å². The predicted molar refractivity (Wildman–Crippen MR) is 78.9 cm³/mol. The third-order valence-electron chi connectivity index (χ3n) is 2.73. The molecule has 0 saturated carbocycles. The lowest BCUT2D eigenvalue weighted by molar-refractivity contribution is 0.104. The number of benzene rings is 1. The van der Waals surface area contributed by atoms with Crippen molar-refractivity contribution in [2.45, 2.75) is 6.92 Å². The lowest BCUT2D eigenvalue weighted by Crippen LogP contribution is -2.02. The van der Waals surface area contributed by atoms with Crippen LogP contribution < -0.4 is 10.1 Å². The molecule has 0 unspecified atom stereocenters. The standard InChI is InChI=1S/C16H16N2O2/c1-12(10-15(19)13-6-5-9-17-11-13)18-14-7-3-4-8-16(14)20-2/h3-11,18H,1-2H3. The van der Waals surface area contributed by atoms with Crippen molar-refractivity contribution in [3.05, 3.63) is 66.1 Å². The van der Waals surface area contributed by atoms with Crippen LogP contribution in [-0.4, -0.2) is 17.9 Å².